The standard InChI is InChI=1S/C12H21N3O5S/c1-14(2)21(18,19)8-9-6-10(4-5-13)15(11(9)7-16)12(17)20-3/h9-11,16H,4,6-8H2,1-3H3/t9-,10-,11+/m1/s1. The Morgan fingerprint density at radius 2 is 2.14 bits per heavy atom. The normalized spacial score (nSPS) is 25.9. The molecule has 1 heterocycles. The van der Waals surface area contributed by atoms with Gasteiger partial charge in [-0.15, -0.1) is 0 Å². The van der Waals surface area contributed by atoms with E-state index in [9.17, 15) is 18.3 Å². The van der Waals surface area contributed by atoms with E-state index in [0.717, 1.165) is 4.31 Å². The van der Waals surface area contributed by atoms with E-state index >= 15 is 0 Å². The molecule has 0 spiro atoms. The van der Waals surface area contributed by atoms with Gasteiger partial charge in [-0.25, -0.2) is 17.5 Å². The van der Waals surface area contributed by atoms with Crippen LogP contribution in [-0.2, 0) is 14.8 Å². The summed E-state index contributed by atoms with van der Waals surface area (Å²) in [5, 5.41) is 18.4. The second kappa shape index (κ2) is 7.06. The average molecular weight is 319 g/mol. The molecule has 1 aliphatic heterocycles. The highest BCUT2D eigenvalue weighted by Crippen LogP contribution is 2.33. The van der Waals surface area contributed by atoms with Gasteiger partial charge in [0, 0.05) is 20.1 Å². The lowest BCUT2D eigenvalue weighted by Crippen LogP contribution is -2.45. The molecule has 21 heavy (non-hydrogen) atoms. The second-order valence-electron chi connectivity index (χ2n) is 5.20. The SMILES string of the molecule is COC(=O)N1[C@H](CC#N)C[C@H](CS(=O)(=O)N(C)C)[C@@H]1CO. The van der Waals surface area contributed by atoms with Crippen LogP contribution in [0.25, 0.3) is 0 Å². The maximum atomic E-state index is 12.0. The fourth-order valence-electron chi connectivity index (χ4n) is 2.63. The van der Waals surface area contributed by atoms with Gasteiger partial charge in [0.05, 0.1) is 38.0 Å². The molecule has 9 heteroatoms. The van der Waals surface area contributed by atoms with Crippen LogP contribution in [0.4, 0.5) is 4.79 Å². The molecule has 120 valence electrons. The fraction of sp³-hybridized carbons (Fsp3) is 0.833. The number of carbonyl (C=O) groups excluding carboxylic acids is 1. The van der Waals surface area contributed by atoms with Crippen LogP contribution in [0.3, 0.4) is 0 Å². The zero-order chi connectivity index (χ0) is 16.2. The number of hydrogen-bond acceptors (Lipinski definition) is 6. The minimum absolute atomic E-state index is 0.0735. The highest BCUT2D eigenvalue weighted by molar-refractivity contribution is 7.89. The number of likely N-dealkylation sites (tertiary alicyclic amines) is 1. The van der Waals surface area contributed by atoms with Gasteiger partial charge in [-0.1, -0.05) is 0 Å². The number of hydrogen-bond donors (Lipinski definition) is 1. The Kier molecular flexibility index (Phi) is 5.95. The number of sulfonamides is 1. The van der Waals surface area contributed by atoms with E-state index in [1.165, 1.54) is 26.1 Å². The molecular weight excluding hydrogens is 298 g/mol. The van der Waals surface area contributed by atoms with Crippen LogP contribution >= 0.6 is 0 Å². The van der Waals surface area contributed by atoms with Gasteiger partial charge in [0.15, 0.2) is 0 Å². The first kappa shape index (κ1) is 17.7. The third-order valence-electron chi connectivity index (χ3n) is 3.75. The zero-order valence-corrected chi connectivity index (χ0v) is 13.2. The lowest BCUT2D eigenvalue weighted by molar-refractivity contribution is 0.0797. The van der Waals surface area contributed by atoms with E-state index in [2.05, 4.69) is 4.74 Å². The van der Waals surface area contributed by atoms with Gasteiger partial charge in [0.25, 0.3) is 0 Å². The first-order chi connectivity index (χ1) is 9.78. The van der Waals surface area contributed by atoms with E-state index in [0.29, 0.717) is 6.42 Å². The third kappa shape index (κ3) is 3.84. The quantitative estimate of drug-likeness (QED) is 0.739. The number of aliphatic hydroxyl groups is 1. The topological polar surface area (TPSA) is 111 Å². The summed E-state index contributed by atoms with van der Waals surface area (Å²) in [6.07, 6.45) is -0.232. The molecule has 0 aromatic heterocycles. The number of ether oxygens (including phenoxy) is 1. The van der Waals surface area contributed by atoms with Crippen LogP contribution in [0.1, 0.15) is 12.8 Å². The number of nitrogens with zero attached hydrogens (tertiary/aromatic N) is 3. The zero-order valence-electron chi connectivity index (χ0n) is 12.4. The second-order valence-corrected chi connectivity index (χ2v) is 7.43. The van der Waals surface area contributed by atoms with E-state index in [1.54, 1.807) is 0 Å². The van der Waals surface area contributed by atoms with E-state index in [-0.39, 0.29) is 18.8 Å². The number of aliphatic hydroxyl groups excluding tert-OH is 1. The average Bonchev–Trinajstić information content (AvgIpc) is 2.74. The first-order valence-corrected chi connectivity index (χ1v) is 8.13. The Balaban J connectivity index is 3.02. The summed E-state index contributed by atoms with van der Waals surface area (Å²) in [4.78, 5) is 13.1. The van der Waals surface area contributed by atoms with Gasteiger partial charge in [-0.3, -0.25) is 4.90 Å². The highest BCUT2D eigenvalue weighted by atomic mass is 32.2. The summed E-state index contributed by atoms with van der Waals surface area (Å²) in [7, 11) is 0.621. The summed E-state index contributed by atoms with van der Waals surface area (Å²) in [6.45, 7) is -0.370. The minimum Gasteiger partial charge on any atom is -0.453 e. The molecule has 0 bridgehead atoms. The smallest absolute Gasteiger partial charge is 0.410 e. The van der Waals surface area contributed by atoms with Crippen molar-refractivity contribution in [3.63, 3.8) is 0 Å². The van der Waals surface area contributed by atoms with Crippen molar-refractivity contribution in [2.45, 2.75) is 24.9 Å². The fourth-order valence-corrected chi connectivity index (χ4v) is 3.83. The Morgan fingerprint density at radius 1 is 1.52 bits per heavy atom. The molecule has 3 atom stereocenters. The van der Waals surface area contributed by atoms with E-state index < -0.39 is 34.1 Å². The maximum Gasteiger partial charge on any atom is 0.410 e. The monoisotopic (exact) mass is 319 g/mol. The first-order valence-electron chi connectivity index (χ1n) is 6.52. The van der Waals surface area contributed by atoms with Crippen LogP contribution < -0.4 is 0 Å². The summed E-state index contributed by atoms with van der Waals surface area (Å²) in [5.41, 5.74) is 0. The van der Waals surface area contributed by atoms with Gasteiger partial charge in [0.2, 0.25) is 10.0 Å². The largest absolute Gasteiger partial charge is 0.453 e. The molecule has 1 amide bonds. The molecular formula is C12H21N3O5S. The lowest BCUT2D eigenvalue weighted by atomic mass is 10.0. The minimum atomic E-state index is -3.46. The van der Waals surface area contributed by atoms with Gasteiger partial charge < -0.3 is 9.84 Å². The van der Waals surface area contributed by atoms with Gasteiger partial charge in [-0.2, -0.15) is 5.26 Å². The molecule has 0 aliphatic carbocycles. The van der Waals surface area contributed by atoms with Crippen LogP contribution in [-0.4, -0.2) is 74.5 Å². The molecule has 1 fully saturated rings. The number of nitriles is 1. The molecule has 1 N–H and O–H groups in total. The summed E-state index contributed by atoms with van der Waals surface area (Å²) < 4.78 is 29.8. The van der Waals surface area contributed by atoms with E-state index in [4.69, 9.17) is 5.26 Å². The number of amides is 1. The van der Waals surface area contributed by atoms with E-state index in [1.807, 2.05) is 6.07 Å². The molecule has 0 radical (unpaired) electrons. The van der Waals surface area contributed by atoms with Crippen LogP contribution in [0, 0.1) is 17.2 Å². The van der Waals surface area contributed by atoms with Crippen LogP contribution in [0.5, 0.6) is 0 Å². The van der Waals surface area contributed by atoms with Crippen molar-refractivity contribution in [2.24, 2.45) is 5.92 Å². The van der Waals surface area contributed by atoms with Crippen molar-refractivity contribution in [1.29, 1.82) is 5.26 Å². The van der Waals surface area contributed by atoms with Gasteiger partial charge in [-0.05, 0) is 12.3 Å². The molecule has 0 saturated carbocycles. The lowest BCUT2D eigenvalue weighted by Gasteiger charge is -2.28. The molecule has 0 aromatic rings. The molecule has 8 nitrogen and oxygen atoms in total. The Bertz CT molecular complexity index is 513. The van der Waals surface area contributed by atoms with Crippen molar-refractivity contribution < 1.29 is 23.1 Å². The predicted octanol–water partition coefficient (Wildman–Crippen LogP) is -0.391. The van der Waals surface area contributed by atoms with Crippen molar-refractivity contribution in [2.75, 3.05) is 33.6 Å². The number of carbonyl (C=O) groups is 1. The molecule has 1 aliphatic rings. The van der Waals surface area contributed by atoms with Gasteiger partial charge in [0.1, 0.15) is 0 Å². The Morgan fingerprint density at radius 3 is 2.57 bits per heavy atom. The number of rotatable bonds is 5. The van der Waals surface area contributed by atoms with Crippen molar-refractivity contribution in [3.8, 4) is 6.07 Å². The molecule has 0 unspecified atom stereocenters. The number of methoxy groups -OCH3 is 1. The van der Waals surface area contributed by atoms with Gasteiger partial charge >= 0.3 is 6.09 Å². The Labute approximate surface area is 124 Å². The van der Waals surface area contributed by atoms with Crippen molar-refractivity contribution >= 4 is 16.1 Å². The van der Waals surface area contributed by atoms with Crippen molar-refractivity contribution in [3.05, 3.63) is 0 Å². The van der Waals surface area contributed by atoms with Crippen LogP contribution in [0.15, 0.2) is 0 Å². The predicted molar refractivity (Wildman–Crippen MR) is 74.7 cm³/mol. The highest BCUT2D eigenvalue weighted by Gasteiger charge is 2.45. The summed E-state index contributed by atoms with van der Waals surface area (Å²) >= 11 is 0. The molecule has 0 aromatic carbocycles. The molecule has 1 rings (SSSR count). The van der Waals surface area contributed by atoms with Crippen LogP contribution in [0.2, 0.25) is 0 Å². The van der Waals surface area contributed by atoms with Crippen molar-refractivity contribution in [1.82, 2.24) is 9.21 Å². The summed E-state index contributed by atoms with van der Waals surface area (Å²) in [6, 6.07) is 0.874. The third-order valence-corrected chi connectivity index (χ3v) is 5.71. The maximum absolute atomic E-state index is 12.0. The Hall–Kier alpha value is -1.37. The molecule has 1 saturated heterocycles. The summed E-state index contributed by atoms with van der Waals surface area (Å²) in [5.74, 6) is -0.611.